The average Bonchev–Trinajstić information content (AvgIpc) is 2.97. The van der Waals surface area contributed by atoms with Gasteiger partial charge in [0.05, 0.1) is 15.5 Å². The number of aryl methyl sites for hydroxylation is 2. The maximum absolute atomic E-state index is 12.2. The molecule has 50 heavy (non-hydrogen) atoms. The van der Waals surface area contributed by atoms with Crippen LogP contribution in [0.5, 0.6) is 0 Å². The Morgan fingerprint density at radius 2 is 0.900 bits per heavy atom. The molecule has 24 heteroatoms. The number of anilines is 8. The fourth-order valence-corrected chi connectivity index (χ4v) is 6.30. The second kappa shape index (κ2) is 13.8. The zero-order valence-electron chi connectivity index (χ0n) is 25.2. The topological polar surface area (TPSA) is 289 Å². The summed E-state index contributed by atoms with van der Waals surface area (Å²) in [6, 6.07) is 11.1. The lowest BCUT2D eigenvalue weighted by molar-refractivity contribution is 0.481. The van der Waals surface area contributed by atoms with E-state index in [0.29, 0.717) is 22.5 Å². The van der Waals surface area contributed by atoms with Crippen LogP contribution in [0.4, 0.5) is 46.5 Å². The summed E-state index contributed by atoms with van der Waals surface area (Å²) >= 11 is 12.2. The zero-order valence-corrected chi connectivity index (χ0v) is 29.1. The average molecular weight is 786 g/mol. The van der Waals surface area contributed by atoms with Crippen LogP contribution in [0.1, 0.15) is 11.1 Å². The minimum Gasteiger partial charge on any atom is -0.324 e. The monoisotopic (exact) mass is 784 g/mol. The van der Waals surface area contributed by atoms with Crippen LogP contribution in [-0.2, 0) is 30.4 Å². The minimum atomic E-state index is -4.80. The van der Waals surface area contributed by atoms with Crippen LogP contribution in [-0.4, -0.2) is 68.8 Å². The first-order valence-corrected chi connectivity index (χ1v) is 18.5. The Kier molecular flexibility index (Phi) is 10.1. The van der Waals surface area contributed by atoms with Crippen molar-refractivity contribution in [1.82, 2.24) is 29.9 Å². The first-order chi connectivity index (χ1) is 23.2. The van der Waals surface area contributed by atoms with Gasteiger partial charge in [-0.2, -0.15) is 55.2 Å². The summed E-state index contributed by atoms with van der Waals surface area (Å²) in [5.41, 5.74) is 1.47. The molecule has 2 heterocycles. The molecule has 0 saturated heterocycles. The van der Waals surface area contributed by atoms with Gasteiger partial charge in [-0.1, -0.05) is 0 Å². The number of aromatic nitrogens is 6. The molecule has 2 aromatic heterocycles. The summed E-state index contributed by atoms with van der Waals surface area (Å²) in [5.74, 6) is -0.589. The Hall–Kier alpha value is -4.81. The molecule has 5 rings (SSSR count). The van der Waals surface area contributed by atoms with E-state index in [1.165, 1.54) is 42.5 Å². The molecule has 0 unspecified atom stereocenters. The smallest absolute Gasteiger partial charge is 0.296 e. The molecule has 0 spiro atoms. The summed E-state index contributed by atoms with van der Waals surface area (Å²) in [6.07, 6.45) is 0. The Morgan fingerprint density at radius 1 is 0.500 bits per heavy atom. The quantitative estimate of drug-likeness (QED) is 0.0893. The highest BCUT2D eigenvalue weighted by Gasteiger charge is 2.20. The van der Waals surface area contributed by atoms with Crippen molar-refractivity contribution in [1.29, 1.82) is 0 Å². The highest BCUT2D eigenvalue weighted by Crippen LogP contribution is 2.30. The molecule has 19 nitrogen and oxygen atoms in total. The molecule has 0 radical (unpaired) electrons. The highest BCUT2D eigenvalue weighted by atomic mass is 35.5. The maximum atomic E-state index is 12.2. The van der Waals surface area contributed by atoms with Crippen LogP contribution < -0.4 is 21.3 Å². The lowest BCUT2D eigenvalue weighted by atomic mass is 10.2. The van der Waals surface area contributed by atoms with Gasteiger partial charge >= 0.3 is 0 Å². The van der Waals surface area contributed by atoms with Gasteiger partial charge in [-0.25, -0.2) is 0 Å². The molecule has 0 amide bonds. The van der Waals surface area contributed by atoms with Gasteiger partial charge in [-0.05, 0) is 103 Å². The fourth-order valence-electron chi connectivity index (χ4n) is 4.22. The van der Waals surface area contributed by atoms with E-state index >= 15 is 0 Å². The van der Waals surface area contributed by atoms with Gasteiger partial charge in [0.2, 0.25) is 34.4 Å². The van der Waals surface area contributed by atoms with Crippen molar-refractivity contribution in [2.45, 2.75) is 28.5 Å². The fraction of sp³-hybridized carbons (Fsp3) is 0.0769. The van der Waals surface area contributed by atoms with Crippen LogP contribution in [0.3, 0.4) is 0 Å². The molecule has 0 aliphatic heterocycles. The predicted octanol–water partition coefficient (Wildman–Crippen LogP) is 4.69. The standard InChI is InChI=1S/C26H22Cl2N10O9S3/c1-12-9-15(48(39,40)41)4-6-17(12)30-24-34-21(27)33-23(37-24)29-14-3-8-20(50(45,46)47)19(11-14)32-26-36-22(28)35-25(38-26)31-18-7-5-16(10-13(18)2)49(42,43)44/h3-11H,1-2H3,(H,39,40,41)(H,42,43,44)(H,45,46,47)(H2,29,30,33,34,37)(H2,31,32,35,36,38). The molecule has 0 bridgehead atoms. The summed E-state index contributed by atoms with van der Waals surface area (Å²) in [6.45, 7) is 3.13. The lowest BCUT2D eigenvalue weighted by Crippen LogP contribution is -2.09. The van der Waals surface area contributed by atoms with Gasteiger partial charge in [-0.3, -0.25) is 13.7 Å². The van der Waals surface area contributed by atoms with Gasteiger partial charge in [0.1, 0.15) is 4.90 Å². The maximum Gasteiger partial charge on any atom is 0.296 e. The molecule has 3 aromatic carbocycles. The van der Waals surface area contributed by atoms with Gasteiger partial charge in [0.15, 0.2) is 0 Å². The van der Waals surface area contributed by atoms with Crippen LogP contribution in [0.25, 0.3) is 0 Å². The minimum absolute atomic E-state index is 0.0640. The van der Waals surface area contributed by atoms with Crippen molar-refractivity contribution in [3.8, 4) is 0 Å². The van der Waals surface area contributed by atoms with E-state index in [1.54, 1.807) is 13.8 Å². The van der Waals surface area contributed by atoms with Crippen LogP contribution in [0, 0.1) is 13.8 Å². The molecule has 0 saturated carbocycles. The first-order valence-electron chi connectivity index (χ1n) is 13.4. The second-order valence-electron chi connectivity index (χ2n) is 10.1. The molecule has 7 N–H and O–H groups in total. The number of halogens is 2. The van der Waals surface area contributed by atoms with Crippen molar-refractivity contribution < 1.29 is 38.9 Å². The van der Waals surface area contributed by atoms with Crippen molar-refractivity contribution in [2.75, 3.05) is 21.3 Å². The molecule has 0 aliphatic rings. The Morgan fingerprint density at radius 3 is 1.28 bits per heavy atom. The molecule has 5 aromatic rings. The number of benzene rings is 3. The van der Waals surface area contributed by atoms with Crippen LogP contribution >= 0.6 is 23.2 Å². The number of nitrogens with zero attached hydrogens (tertiary/aromatic N) is 6. The highest BCUT2D eigenvalue weighted by molar-refractivity contribution is 7.86. The molecule has 0 aliphatic carbocycles. The van der Waals surface area contributed by atoms with Crippen LogP contribution in [0.15, 0.2) is 69.3 Å². The van der Waals surface area contributed by atoms with E-state index in [1.807, 2.05) is 0 Å². The zero-order chi connectivity index (χ0) is 36.6. The lowest BCUT2D eigenvalue weighted by Gasteiger charge is -2.14. The summed E-state index contributed by atoms with van der Waals surface area (Å²) in [5, 5.41) is 10.6. The second-order valence-corrected chi connectivity index (χ2v) is 15.0. The number of hydrogen-bond donors (Lipinski definition) is 7. The van der Waals surface area contributed by atoms with Crippen molar-refractivity contribution in [3.05, 3.63) is 76.3 Å². The molecule has 0 fully saturated rings. The molecule has 262 valence electrons. The summed E-state index contributed by atoms with van der Waals surface area (Å²) in [7, 11) is -13.7. The first kappa shape index (κ1) is 36.5. The summed E-state index contributed by atoms with van der Waals surface area (Å²) < 4.78 is 98.7. The number of nitrogens with one attached hydrogen (secondary N) is 4. The van der Waals surface area contributed by atoms with Crippen molar-refractivity contribution >= 4 is 100 Å². The predicted molar refractivity (Wildman–Crippen MR) is 181 cm³/mol. The van der Waals surface area contributed by atoms with E-state index in [2.05, 4.69) is 51.2 Å². The SMILES string of the molecule is Cc1cc(S(=O)(=O)O)ccc1Nc1nc(Cl)nc(Nc2ccc(S(=O)(=O)O)c(Nc3nc(Cl)nc(Nc4ccc(S(=O)(=O)O)cc4C)n3)c2)n1. The van der Waals surface area contributed by atoms with E-state index < -0.39 is 35.2 Å². The van der Waals surface area contributed by atoms with Crippen LogP contribution in [0.2, 0.25) is 10.6 Å². The van der Waals surface area contributed by atoms with E-state index in [-0.39, 0.29) is 55.5 Å². The molecule has 0 atom stereocenters. The molecular formula is C26H22Cl2N10O9S3. The number of rotatable bonds is 11. The van der Waals surface area contributed by atoms with Gasteiger partial charge < -0.3 is 21.3 Å². The van der Waals surface area contributed by atoms with E-state index in [4.69, 9.17) is 23.2 Å². The normalized spacial score (nSPS) is 12.0. The van der Waals surface area contributed by atoms with Crippen molar-refractivity contribution in [2.24, 2.45) is 0 Å². The third-order valence-corrected chi connectivity index (χ3v) is 9.41. The largest absolute Gasteiger partial charge is 0.324 e. The van der Waals surface area contributed by atoms with Crippen molar-refractivity contribution in [3.63, 3.8) is 0 Å². The number of hydrogen-bond acceptors (Lipinski definition) is 16. The Bertz CT molecular complexity index is 2490. The molecular weight excluding hydrogens is 763 g/mol. The third-order valence-electron chi connectivity index (χ3n) is 6.46. The Balaban J connectivity index is 1.42. The Labute approximate surface area is 293 Å². The third kappa shape index (κ3) is 9.05. The van der Waals surface area contributed by atoms with E-state index in [9.17, 15) is 38.9 Å². The van der Waals surface area contributed by atoms with Gasteiger partial charge in [0, 0.05) is 17.1 Å². The van der Waals surface area contributed by atoms with E-state index in [0.717, 1.165) is 12.1 Å². The van der Waals surface area contributed by atoms with Gasteiger partial charge in [-0.15, -0.1) is 0 Å². The van der Waals surface area contributed by atoms with Gasteiger partial charge in [0.25, 0.3) is 30.4 Å². The summed E-state index contributed by atoms with van der Waals surface area (Å²) in [4.78, 5) is 23.0.